The number of aromatic nitrogens is 2. The minimum atomic E-state index is -0.318. The van der Waals surface area contributed by atoms with Gasteiger partial charge >= 0.3 is 0 Å². The minimum Gasteiger partial charge on any atom is -0.348 e. The minimum absolute atomic E-state index is 0.163. The van der Waals surface area contributed by atoms with E-state index in [2.05, 4.69) is 34.4 Å². The molecule has 2 heterocycles. The number of hydrogen-bond donors (Lipinski definition) is 2. The smallest absolute Gasteiger partial charge is 0.270 e. The Morgan fingerprint density at radius 3 is 2.50 bits per heavy atom. The molecule has 1 aliphatic rings. The van der Waals surface area contributed by atoms with Gasteiger partial charge in [-0.2, -0.15) is 0 Å². The van der Waals surface area contributed by atoms with Crippen molar-refractivity contribution in [3.63, 3.8) is 0 Å². The van der Waals surface area contributed by atoms with Crippen LogP contribution in [0.4, 0.5) is 5.69 Å². The number of pyridine rings is 2. The predicted octanol–water partition coefficient (Wildman–Crippen LogP) is 4.31. The molecule has 0 spiro atoms. The summed E-state index contributed by atoms with van der Waals surface area (Å²) in [4.78, 5) is 33.6. The van der Waals surface area contributed by atoms with Crippen molar-refractivity contribution in [1.82, 2.24) is 15.3 Å². The molecule has 3 aromatic rings. The first-order valence-corrected chi connectivity index (χ1v) is 9.99. The highest BCUT2D eigenvalue weighted by atomic mass is 16.2. The highest BCUT2D eigenvalue weighted by molar-refractivity contribution is 6.07. The van der Waals surface area contributed by atoms with E-state index < -0.39 is 0 Å². The maximum absolute atomic E-state index is 12.8. The second-order valence-corrected chi connectivity index (χ2v) is 8.41. The quantitative estimate of drug-likeness (QED) is 0.668. The molecule has 2 N–H and O–H groups in total. The molecule has 1 aliphatic carbocycles. The lowest BCUT2D eigenvalue weighted by molar-refractivity contribution is 0.0798. The van der Waals surface area contributed by atoms with Crippen LogP contribution in [0.3, 0.4) is 0 Å². The topological polar surface area (TPSA) is 84.0 Å². The van der Waals surface area contributed by atoms with Crippen LogP contribution in [0.15, 0.2) is 67.1 Å². The Kier molecular flexibility index (Phi) is 5.31. The molecule has 0 bridgehead atoms. The molecule has 152 valence electrons. The van der Waals surface area contributed by atoms with Crippen LogP contribution in [0.25, 0.3) is 11.1 Å². The van der Waals surface area contributed by atoms with Crippen molar-refractivity contribution in [2.24, 2.45) is 5.41 Å². The van der Waals surface area contributed by atoms with Crippen molar-refractivity contribution in [2.75, 3.05) is 5.32 Å². The molecule has 0 radical (unpaired) electrons. The number of carbonyl (C=O) groups is 2. The second-order valence-electron chi connectivity index (χ2n) is 8.41. The fourth-order valence-electron chi connectivity index (χ4n) is 3.89. The Morgan fingerprint density at radius 1 is 1.00 bits per heavy atom. The number of amides is 2. The van der Waals surface area contributed by atoms with Gasteiger partial charge in [0.2, 0.25) is 0 Å². The summed E-state index contributed by atoms with van der Waals surface area (Å²) in [5.74, 6) is -0.571. The molecular formula is C24H24N4O2. The molecule has 1 fully saturated rings. The Labute approximate surface area is 175 Å². The molecule has 6 heteroatoms. The van der Waals surface area contributed by atoms with Gasteiger partial charge in [0.05, 0.1) is 11.9 Å². The van der Waals surface area contributed by atoms with Gasteiger partial charge in [-0.25, -0.2) is 0 Å². The van der Waals surface area contributed by atoms with E-state index in [0.29, 0.717) is 11.3 Å². The van der Waals surface area contributed by atoms with Crippen LogP contribution in [0.1, 0.15) is 47.5 Å². The SMILES string of the molecule is CC1(C)CC(NC(=O)c2cc(C(=O)Nc3cnccc3-c3ccccc3)ccn2)C1. The van der Waals surface area contributed by atoms with Gasteiger partial charge in [-0.1, -0.05) is 44.2 Å². The van der Waals surface area contributed by atoms with Crippen LogP contribution in [0, 0.1) is 5.41 Å². The van der Waals surface area contributed by atoms with E-state index in [1.165, 1.54) is 12.3 Å². The summed E-state index contributed by atoms with van der Waals surface area (Å²) >= 11 is 0. The van der Waals surface area contributed by atoms with Gasteiger partial charge in [0.1, 0.15) is 5.69 Å². The van der Waals surface area contributed by atoms with Gasteiger partial charge in [0.15, 0.2) is 0 Å². The number of nitrogens with zero attached hydrogens (tertiary/aromatic N) is 2. The number of hydrogen-bond acceptors (Lipinski definition) is 4. The van der Waals surface area contributed by atoms with Crippen LogP contribution in [-0.2, 0) is 0 Å². The predicted molar refractivity (Wildman–Crippen MR) is 116 cm³/mol. The van der Waals surface area contributed by atoms with E-state index in [1.54, 1.807) is 18.5 Å². The van der Waals surface area contributed by atoms with Gasteiger partial charge in [0.25, 0.3) is 11.8 Å². The van der Waals surface area contributed by atoms with E-state index in [-0.39, 0.29) is 29.0 Å². The average molecular weight is 400 g/mol. The van der Waals surface area contributed by atoms with E-state index in [4.69, 9.17) is 0 Å². The number of rotatable bonds is 5. The maximum atomic E-state index is 12.8. The van der Waals surface area contributed by atoms with Crippen LogP contribution < -0.4 is 10.6 Å². The Balaban J connectivity index is 1.49. The Bertz CT molecular complexity index is 1070. The highest BCUT2D eigenvalue weighted by Gasteiger charge is 2.37. The molecule has 4 rings (SSSR count). The standard InChI is InChI=1S/C24H24N4O2/c1-24(2)13-18(14-24)27-23(30)20-12-17(8-11-26-20)22(29)28-21-15-25-10-9-19(21)16-6-4-3-5-7-16/h3-12,15,18H,13-14H2,1-2H3,(H,27,30)(H,28,29). The van der Waals surface area contributed by atoms with Crippen molar-refractivity contribution >= 4 is 17.5 Å². The molecular weight excluding hydrogens is 376 g/mol. The second kappa shape index (κ2) is 8.06. The highest BCUT2D eigenvalue weighted by Crippen LogP contribution is 2.39. The van der Waals surface area contributed by atoms with Crippen molar-refractivity contribution in [3.05, 3.63) is 78.4 Å². The van der Waals surface area contributed by atoms with Crippen molar-refractivity contribution in [3.8, 4) is 11.1 Å². The molecule has 0 unspecified atom stereocenters. The number of nitrogens with one attached hydrogen (secondary N) is 2. The van der Waals surface area contributed by atoms with Gasteiger partial charge in [-0.05, 0) is 42.0 Å². The first-order chi connectivity index (χ1) is 14.4. The van der Waals surface area contributed by atoms with Crippen LogP contribution in [0.2, 0.25) is 0 Å². The van der Waals surface area contributed by atoms with Crippen LogP contribution in [0.5, 0.6) is 0 Å². The molecule has 30 heavy (non-hydrogen) atoms. The van der Waals surface area contributed by atoms with E-state index in [0.717, 1.165) is 24.0 Å². The third kappa shape index (κ3) is 4.38. The fraction of sp³-hybridized carbons (Fsp3) is 0.250. The molecule has 2 aromatic heterocycles. The summed E-state index contributed by atoms with van der Waals surface area (Å²) in [6.45, 7) is 4.36. The number of carbonyl (C=O) groups excluding carboxylic acids is 2. The van der Waals surface area contributed by atoms with Gasteiger partial charge in [-0.15, -0.1) is 0 Å². The van der Waals surface area contributed by atoms with Crippen molar-refractivity contribution in [2.45, 2.75) is 32.7 Å². The lowest BCUT2D eigenvalue weighted by Gasteiger charge is -2.42. The zero-order chi connectivity index (χ0) is 21.1. The lowest BCUT2D eigenvalue weighted by atomic mass is 9.68. The van der Waals surface area contributed by atoms with E-state index in [1.807, 2.05) is 36.4 Å². The van der Waals surface area contributed by atoms with E-state index in [9.17, 15) is 9.59 Å². The third-order valence-electron chi connectivity index (χ3n) is 5.34. The average Bonchev–Trinajstić information content (AvgIpc) is 2.73. The molecule has 1 saturated carbocycles. The Morgan fingerprint density at radius 2 is 1.77 bits per heavy atom. The first-order valence-electron chi connectivity index (χ1n) is 9.99. The summed E-state index contributed by atoms with van der Waals surface area (Å²) < 4.78 is 0. The number of benzene rings is 1. The van der Waals surface area contributed by atoms with E-state index >= 15 is 0 Å². The zero-order valence-electron chi connectivity index (χ0n) is 17.1. The van der Waals surface area contributed by atoms with Crippen molar-refractivity contribution < 1.29 is 9.59 Å². The summed E-state index contributed by atoms with van der Waals surface area (Å²) in [7, 11) is 0. The normalized spacial score (nSPS) is 15.1. The maximum Gasteiger partial charge on any atom is 0.270 e. The van der Waals surface area contributed by atoms with Crippen LogP contribution >= 0.6 is 0 Å². The van der Waals surface area contributed by atoms with Gasteiger partial charge in [0, 0.05) is 29.6 Å². The molecule has 2 amide bonds. The van der Waals surface area contributed by atoms with Crippen LogP contribution in [-0.4, -0.2) is 27.8 Å². The largest absolute Gasteiger partial charge is 0.348 e. The fourth-order valence-corrected chi connectivity index (χ4v) is 3.89. The monoisotopic (exact) mass is 400 g/mol. The molecule has 0 saturated heterocycles. The summed E-state index contributed by atoms with van der Waals surface area (Å²) in [6.07, 6.45) is 6.68. The molecule has 6 nitrogen and oxygen atoms in total. The summed E-state index contributed by atoms with van der Waals surface area (Å²) in [5, 5.41) is 5.90. The zero-order valence-corrected chi connectivity index (χ0v) is 17.1. The molecule has 1 aromatic carbocycles. The van der Waals surface area contributed by atoms with Crippen molar-refractivity contribution in [1.29, 1.82) is 0 Å². The summed E-state index contributed by atoms with van der Waals surface area (Å²) in [5.41, 5.74) is 3.33. The lowest BCUT2D eigenvalue weighted by Crippen LogP contribution is -2.48. The third-order valence-corrected chi connectivity index (χ3v) is 5.34. The first kappa shape index (κ1) is 19.8. The molecule has 0 aliphatic heterocycles. The summed E-state index contributed by atoms with van der Waals surface area (Å²) in [6, 6.07) is 14.9. The van der Waals surface area contributed by atoms with Gasteiger partial charge < -0.3 is 10.6 Å². The molecule has 0 atom stereocenters. The number of anilines is 1. The van der Waals surface area contributed by atoms with Gasteiger partial charge in [-0.3, -0.25) is 19.6 Å². The Hall–Kier alpha value is -3.54.